The van der Waals surface area contributed by atoms with E-state index in [9.17, 15) is 0 Å². The van der Waals surface area contributed by atoms with Crippen molar-refractivity contribution < 1.29 is 9.84 Å². The van der Waals surface area contributed by atoms with Crippen LogP contribution in [-0.4, -0.2) is 45.5 Å². The van der Waals surface area contributed by atoms with Crippen LogP contribution in [0.5, 0.6) is 5.75 Å². The fourth-order valence-electron chi connectivity index (χ4n) is 2.04. The predicted molar refractivity (Wildman–Crippen MR) is 70.2 cm³/mol. The van der Waals surface area contributed by atoms with Gasteiger partial charge in [-0.25, -0.2) is 0 Å². The van der Waals surface area contributed by atoms with Gasteiger partial charge < -0.3 is 19.6 Å². The number of aliphatic hydroxyl groups excluding tert-OH is 1. The van der Waals surface area contributed by atoms with Crippen molar-refractivity contribution >= 4 is 11.4 Å². The maximum absolute atomic E-state index is 8.90. The molecule has 0 atom stereocenters. The molecular weight excluding hydrogens is 216 g/mol. The van der Waals surface area contributed by atoms with E-state index in [0.717, 1.165) is 43.2 Å². The summed E-state index contributed by atoms with van der Waals surface area (Å²) in [6.45, 7) is 2.74. The monoisotopic (exact) mass is 236 g/mol. The molecule has 4 nitrogen and oxygen atoms in total. The first kappa shape index (κ1) is 12.0. The standard InChI is InChI=1S/C13H20N2O2/c1-14(2)11-4-5-12-13(10-11)17-9-7-15(12)6-3-8-16/h4-5,10,16H,3,6-9H2,1-2H3. The van der Waals surface area contributed by atoms with E-state index >= 15 is 0 Å². The van der Waals surface area contributed by atoms with Crippen molar-refractivity contribution in [3.8, 4) is 5.75 Å². The Morgan fingerprint density at radius 3 is 2.94 bits per heavy atom. The molecule has 1 heterocycles. The van der Waals surface area contributed by atoms with E-state index in [0.29, 0.717) is 0 Å². The smallest absolute Gasteiger partial charge is 0.144 e. The van der Waals surface area contributed by atoms with E-state index in [-0.39, 0.29) is 6.61 Å². The molecule has 4 heteroatoms. The zero-order chi connectivity index (χ0) is 12.3. The van der Waals surface area contributed by atoms with Gasteiger partial charge in [0, 0.05) is 39.0 Å². The molecule has 0 spiro atoms. The van der Waals surface area contributed by atoms with Crippen molar-refractivity contribution in [3.05, 3.63) is 18.2 Å². The van der Waals surface area contributed by atoms with Crippen molar-refractivity contribution in [1.82, 2.24) is 0 Å². The van der Waals surface area contributed by atoms with Crippen LogP contribution >= 0.6 is 0 Å². The highest BCUT2D eigenvalue weighted by Gasteiger charge is 2.18. The first-order chi connectivity index (χ1) is 8.22. The molecule has 0 saturated heterocycles. The Balaban J connectivity index is 2.20. The zero-order valence-electron chi connectivity index (χ0n) is 10.5. The molecule has 17 heavy (non-hydrogen) atoms. The largest absolute Gasteiger partial charge is 0.489 e. The molecule has 94 valence electrons. The summed E-state index contributed by atoms with van der Waals surface area (Å²) < 4.78 is 5.69. The lowest BCUT2D eigenvalue weighted by Crippen LogP contribution is -2.33. The molecular formula is C13H20N2O2. The number of anilines is 2. The minimum absolute atomic E-state index is 0.239. The fourth-order valence-corrected chi connectivity index (χ4v) is 2.04. The van der Waals surface area contributed by atoms with Crippen molar-refractivity contribution in [2.45, 2.75) is 6.42 Å². The topological polar surface area (TPSA) is 35.9 Å². The van der Waals surface area contributed by atoms with Crippen LogP contribution in [0.3, 0.4) is 0 Å². The van der Waals surface area contributed by atoms with E-state index in [2.05, 4.69) is 28.0 Å². The second kappa shape index (κ2) is 5.27. The van der Waals surface area contributed by atoms with E-state index < -0.39 is 0 Å². The van der Waals surface area contributed by atoms with Gasteiger partial charge in [-0.05, 0) is 18.6 Å². The highest BCUT2D eigenvalue weighted by atomic mass is 16.5. The number of benzene rings is 1. The van der Waals surface area contributed by atoms with Gasteiger partial charge in [0.25, 0.3) is 0 Å². The Morgan fingerprint density at radius 2 is 2.24 bits per heavy atom. The number of aliphatic hydroxyl groups is 1. The van der Waals surface area contributed by atoms with Gasteiger partial charge in [-0.2, -0.15) is 0 Å². The first-order valence-electron chi connectivity index (χ1n) is 6.02. The van der Waals surface area contributed by atoms with Crippen LogP contribution in [0.1, 0.15) is 6.42 Å². The second-order valence-corrected chi connectivity index (χ2v) is 4.46. The van der Waals surface area contributed by atoms with Gasteiger partial charge in [-0.15, -0.1) is 0 Å². The van der Waals surface area contributed by atoms with Gasteiger partial charge in [0.1, 0.15) is 12.4 Å². The molecule has 2 rings (SSSR count). The molecule has 0 radical (unpaired) electrons. The molecule has 1 aromatic rings. The van der Waals surface area contributed by atoms with Crippen molar-refractivity contribution in [2.24, 2.45) is 0 Å². The summed E-state index contributed by atoms with van der Waals surface area (Å²) >= 11 is 0. The first-order valence-corrected chi connectivity index (χ1v) is 6.02. The normalized spacial score (nSPS) is 14.2. The molecule has 0 amide bonds. The van der Waals surface area contributed by atoms with Crippen LogP contribution in [0.15, 0.2) is 18.2 Å². The van der Waals surface area contributed by atoms with Crippen molar-refractivity contribution in [1.29, 1.82) is 0 Å². The van der Waals surface area contributed by atoms with Crippen molar-refractivity contribution in [3.63, 3.8) is 0 Å². The number of fused-ring (bicyclic) bond motifs is 1. The molecule has 0 saturated carbocycles. The molecule has 1 N–H and O–H groups in total. The maximum Gasteiger partial charge on any atom is 0.144 e. The van der Waals surface area contributed by atoms with Gasteiger partial charge >= 0.3 is 0 Å². The molecule has 0 unspecified atom stereocenters. The molecule has 1 aliphatic heterocycles. The Kier molecular flexibility index (Phi) is 3.74. The highest BCUT2D eigenvalue weighted by Crippen LogP contribution is 2.34. The van der Waals surface area contributed by atoms with Crippen LogP contribution < -0.4 is 14.5 Å². The number of rotatable bonds is 4. The van der Waals surface area contributed by atoms with Gasteiger partial charge in [-0.3, -0.25) is 0 Å². The summed E-state index contributed by atoms with van der Waals surface area (Å²) in [5.74, 6) is 0.945. The lowest BCUT2D eigenvalue weighted by atomic mass is 10.2. The lowest BCUT2D eigenvalue weighted by Gasteiger charge is -2.31. The van der Waals surface area contributed by atoms with Crippen LogP contribution in [0.4, 0.5) is 11.4 Å². The van der Waals surface area contributed by atoms with Crippen molar-refractivity contribution in [2.75, 3.05) is 50.2 Å². The third kappa shape index (κ3) is 2.64. The predicted octanol–water partition coefficient (Wildman–Crippen LogP) is 1.33. The Hall–Kier alpha value is -1.42. The molecule has 0 bridgehead atoms. The average molecular weight is 236 g/mol. The summed E-state index contributed by atoms with van der Waals surface area (Å²) in [5, 5.41) is 8.90. The highest BCUT2D eigenvalue weighted by molar-refractivity contribution is 5.66. The Morgan fingerprint density at radius 1 is 1.41 bits per heavy atom. The minimum atomic E-state index is 0.239. The average Bonchev–Trinajstić information content (AvgIpc) is 2.35. The summed E-state index contributed by atoms with van der Waals surface area (Å²) in [7, 11) is 4.04. The van der Waals surface area contributed by atoms with Crippen LogP contribution in [0, 0.1) is 0 Å². The summed E-state index contributed by atoms with van der Waals surface area (Å²) in [5.41, 5.74) is 2.28. The van der Waals surface area contributed by atoms with E-state index in [1.54, 1.807) is 0 Å². The lowest BCUT2D eigenvalue weighted by molar-refractivity contribution is 0.279. The molecule has 0 aromatic heterocycles. The zero-order valence-corrected chi connectivity index (χ0v) is 10.5. The maximum atomic E-state index is 8.90. The molecule has 0 aliphatic carbocycles. The molecule has 1 aliphatic rings. The third-order valence-corrected chi connectivity index (χ3v) is 3.01. The van der Waals surface area contributed by atoms with Crippen LogP contribution in [0.2, 0.25) is 0 Å². The molecule has 0 fully saturated rings. The Bertz CT molecular complexity index is 380. The summed E-state index contributed by atoms with van der Waals surface area (Å²) in [6.07, 6.45) is 0.800. The minimum Gasteiger partial charge on any atom is -0.489 e. The summed E-state index contributed by atoms with van der Waals surface area (Å²) in [4.78, 5) is 4.34. The number of hydrogen-bond acceptors (Lipinski definition) is 4. The van der Waals surface area contributed by atoms with Gasteiger partial charge in [-0.1, -0.05) is 0 Å². The fraction of sp³-hybridized carbons (Fsp3) is 0.538. The van der Waals surface area contributed by atoms with Crippen LogP contribution in [0.25, 0.3) is 0 Å². The summed E-state index contributed by atoms with van der Waals surface area (Å²) in [6, 6.07) is 6.26. The quantitative estimate of drug-likeness (QED) is 0.855. The van der Waals surface area contributed by atoms with Gasteiger partial charge in [0.15, 0.2) is 0 Å². The van der Waals surface area contributed by atoms with Gasteiger partial charge in [0.05, 0.1) is 12.2 Å². The Labute approximate surface area is 102 Å². The van der Waals surface area contributed by atoms with Crippen LogP contribution in [-0.2, 0) is 0 Å². The molecule has 1 aromatic carbocycles. The van der Waals surface area contributed by atoms with E-state index in [4.69, 9.17) is 9.84 Å². The number of ether oxygens (including phenoxy) is 1. The number of hydrogen-bond donors (Lipinski definition) is 1. The third-order valence-electron chi connectivity index (χ3n) is 3.01. The second-order valence-electron chi connectivity index (χ2n) is 4.46. The number of nitrogens with zero attached hydrogens (tertiary/aromatic N) is 2. The SMILES string of the molecule is CN(C)c1ccc2c(c1)OCCN2CCCO. The van der Waals surface area contributed by atoms with E-state index in [1.807, 2.05) is 14.1 Å². The van der Waals surface area contributed by atoms with E-state index in [1.165, 1.54) is 0 Å². The van der Waals surface area contributed by atoms with Gasteiger partial charge in [0.2, 0.25) is 0 Å².